The van der Waals surface area contributed by atoms with Crippen molar-refractivity contribution in [3.63, 3.8) is 0 Å². The summed E-state index contributed by atoms with van der Waals surface area (Å²) in [6.45, 7) is 9.86. The van der Waals surface area contributed by atoms with E-state index in [4.69, 9.17) is 4.74 Å². The summed E-state index contributed by atoms with van der Waals surface area (Å²) in [4.78, 5) is 14.0. The maximum Gasteiger partial charge on any atom is 0.320 e. The SMILES string of the molecule is CC1=C[C@H](C)[C@H](COC(=O)CN2CCCC2)[C@@H](C)C1. The third-order valence-corrected chi connectivity index (χ3v) is 4.59. The van der Waals surface area contributed by atoms with E-state index < -0.39 is 0 Å². The molecule has 1 fully saturated rings. The molecule has 0 bridgehead atoms. The molecular formula is C16H27NO2. The number of hydrogen-bond donors (Lipinski definition) is 0. The van der Waals surface area contributed by atoms with Gasteiger partial charge in [0.2, 0.25) is 0 Å². The third-order valence-electron chi connectivity index (χ3n) is 4.59. The van der Waals surface area contributed by atoms with Gasteiger partial charge in [0.1, 0.15) is 0 Å². The van der Waals surface area contributed by atoms with Crippen LogP contribution in [0, 0.1) is 17.8 Å². The maximum atomic E-state index is 11.8. The van der Waals surface area contributed by atoms with Crippen LogP contribution in [-0.2, 0) is 9.53 Å². The maximum absolute atomic E-state index is 11.8. The number of ether oxygens (including phenoxy) is 1. The van der Waals surface area contributed by atoms with Crippen molar-refractivity contribution in [1.82, 2.24) is 4.90 Å². The van der Waals surface area contributed by atoms with Crippen molar-refractivity contribution in [2.24, 2.45) is 17.8 Å². The van der Waals surface area contributed by atoms with E-state index in [0.717, 1.165) is 19.5 Å². The Labute approximate surface area is 117 Å². The first-order valence-corrected chi connectivity index (χ1v) is 7.61. The third kappa shape index (κ3) is 4.07. The van der Waals surface area contributed by atoms with Gasteiger partial charge in [0.05, 0.1) is 13.2 Å². The standard InChI is InChI=1S/C16H27NO2/c1-12-8-13(2)15(14(3)9-12)11-19-16(18)10-17-6-4-5-7-17/h8,13-15H,4-7,9-11H2,1-3H3/t13-,14-,15-/m0/s1. The predicted octanol–water partition coefficient (Wildman–Crippen LogP) is 2.86. The first kappa shape index (κ1) is 14.6. The van der Waals surface area contributed by atoms with Crippen molar-refractivity contribution < 1.29 is 9.53 Å². The Balaban J connectivity index is 1.76. The van der Waals surface area contributed by atoms with Crippen LogP contribution in [-0.4, -0.2) is 37.1 Å². The summed E-state index contributed by atoms with van der Waals surface area (Å²) in [5.41, 5.74) is 1.47. The molecule has 0 saturated carbocycles. The first-order valence-electron chi connectivity index (χ1n) is 7.61. The second-order valence-corrected chi connectivity index (χ2v) is 6.38. The Kier molecular flexibility index (Phi) is 5.03. The molecule has 0 N–H and O–H groups in total. The number of nitrogens with zero attached hydrogens (tertiary/aromatic N) is 1. The van der Waals surface area contributed by atoms with Gasteiger partial charge >= 0.3 is 5.97 Å². The molecule has 0 radical (unpaired) electrons. The van der Waals surface area contributed by atoms with Crippen LogP contribution in [0.1, 0.15) is 40.0 Å². The highest BCUT2D eigenvalue weighted by atomic mass is 16.5. The molecule has 2 rings (SSSR count). The van der Waals surface area contributed by atoms with Crippen LogP contribution in [0.15, 0.2) is 11.6 Å². The normalized spacial score (nSPS) is 32.2. The molecule has 0 aromatic rings. The Bertz CT molecular complexity index is 345. The molecule has 0 unspecified atom stereocenters. The number of carbonyl (C=O) groups is 1. The van der Waals surface area contributed by atoms with Crippen molar-refractivity contribution in [3.05, 3.63) is 11.6 Å². The van der Waals surface area contributed by atoms with E-state index in [-0.39, 0.29) is 5.97 Å². The van der Waals surface area contributed by atoms with Gasteiger partial charge in [-0.25, -0.2) is 0 Å². The van der Waals surface area contributed by atoms with Gasteiger partial charge in [-0.05, 0) is 51.1 Å². The molecule has 2 aliphatic rings. The molecule has 1 aliphatic heterocycles. The van der Waals surface area contributed by atoms with Crippen LogP contribution in [0.3, 0.4) is 0 Å². The zero-order chi connectivity index (χ0) is 13.8. The second-order valence-electron chi connectivity index (χ2n) is 6.38. The largest absolute Gasteiger partial charge is 0.464 e. The molecule has 3 nitrogen and oxygen atoms in total. The Morgan fingerprint density at radius 3 is 2.68 bits per heavy atom. The number of likely N-dealkylation sites (tertiary alicyclic amines) is 1. The number of carbonyl (C=O) groups excluding carboxylic acids is 1. The molecule has 1 heterocycles. The average molecular weight is 265 g/mol. The summed E-state index contributed by atoms with van der Waals surface area (Å²) in [5, 5.41) is 0. The molecule has 1 aliphatic carbocycles. The van der Waals surface area contributed by atoms with Crippen molar-refractivity contribution in [3.8, 4) is 0 Å². The molecule has 3 atom stereocenters. The van der Waals surface area contributed by atoms with E-state index in [2.05, 4.69) is 31.7 Å². The minimum atomic E-state index is -0.0485. The lowest BCUT2D eigenvalue weighted by Gasteiger charge is -2.32. The highest BCUT2D eigenvalue weighted by Gasteiger charge is 2.28. The van der Waals surface area contributed by atoms with E-state index in [0.29, 0.717) is 30.9 Å². The van der Waals surface area contributed by atoms with Gasteiger partial charge in [-0.1, -0.05) is 25.5 Å². The second kappa shape index (κ2) is 6.56. The van der Waals surface area contributed by atoms with Gasteiger partial charge in [0.15, 0.2) is 0 Å². The van der Waals surface area contributed by atoms with Crippen molar-refractivity contribution in [2.45, 2.75) is 40.0 Å². The zero-order valence-corrected chi connectivity index (χ0v) is 12.5. The summed E-state index contributed by atoms with van der Waals surface area (Å²) in [6, 6.07) is 0. The topological polar surface area (TPSA) is 29.5 Å². The van der Waals surface area contributed by atoms with Gasteiger partial charge in [0.25, 0.3) is 0 Å². The van der Waals surface area contributed by atoms with E-state index in [1.54, 1.807) is 0 Å². The Morgan fingerprint density at radius 2 is 2.05 bits per heavy atom. The highest BCUT2D eigenvalue weighted by Crippen LogP contribution is 2.33. The molecule has 3 heteroatoms. The monoisotopic (exact) mass is 265 g/mol. The van der Waals surface area contributed by atoms with Gasteiger partial charge in [0, 0.05) is 5.92 Å². The summed E-state index contributed by atoms with van der Waals surface area (Å²) in [6.07, 6.45) is 5.90. The fourth-order valence-corrected chi connectivity index (χ4v) is 3.49. The minimum Gasteiger partial charge on any atom is -0.464 e. The van der Waals surface area contributed by atoms with Gasteiger partial charge in [-0.15, -0.1) is 0 Å². The number of allylic oxidation sites excluding steroid dienone is 2. The first-order chi connectivity index (χ1) is 9.06. The Hall–Kier alpha value is -0.830. The fourth-order valence-electron chi connectivity index (χ4n) is 3.49. The van der Waals surface area contributed by atoms with Crippen LogP contribution in [0.4, 0.5) is 0 Å². The van der Waals surface area contributed by atoms with Crippen molar-refractivity contribution >= 4 is 5.97 Å². The van der Waals surface area contributed by atoms with Crippen LogP contribution in [0.25, 0.3) is 0 Å². The smallest absolute Gasteiger partial charge is 0.320 e. The molecule has 0 aromatic heterocycles. The zero-order valence-electron chi connectivity index (χ0n) is 12.5. The van der Waals surface area contributed by atoms with Crippen molar-refractivity contribution in [2.75, 3.05) is 26.2 Å². The molecular weight excluding hydrogens is 238 g/mol. The molecule has 0 spiro atoms. The van der Waals surface area contributed by atoms with Crippen molar-refractivity contribution in [1.29, 1.82) is 0 Å². The van der Waals surface area contributed by atoms with Crippen LogP contribution in [0.2, 0.25) is 0 Å². The molecule has 0 aromatic carbocycles. The predicted molar refractivity (Wildman–Crippen MR) is 76.8 cm³/mol. The summed E-state index contributed by atoms with van der Waals surface area (Å²) in [5.74, 6) is 1.56. The number of esters is 1. The van der Waals surface area contributed by atoms with E-state index >= 15 is 0 Å². The van der Waals surface area contributed by atoms with Gasteiger partial charge < -0.3 is 4.74 Å². The highest BCUT2D eigenvalue weighted by molar-refractivity contribution is 5.71. The average Bonchev–Trinajstić information content (AvgIpc) is 2.80. The van der Waals surface area contributed by atoms with Gasteiger partial charge in [-0.2, -0.15) is 0 Å². The Morgan fingerprint density at radius 1 is 1.37 bits per heavy atom. The van der Waals surface area contributed by atoms with E-state index in [1.807, 2.05) is 0 Å². The molecule has 0 amide bonds. The van der Waals surface area contributed by atoms with Crippen LogP contribution >= 0.6 is 0 Å². The lowest BCUT2D eigenvalue weighted by molar-refractivity contribution is -0.147. The van der Waals surface area contributed by atoms with Crippen LogP contribution < -0.4 is 0 Å². The van der Waals surface area contributed by atoms with E-state index in [1.165, 1.54) is 18.4 Å². The van der Waals surface area contributed by atoms with E-state index in [9.17, 15) is 4.79 Å². The summed E-state index contributed by atoms with van der Waals surface area (Å²) < 4.78 is 5.51. The van der Waals surface area contributed by atoms with Crippen LogP contribution in [0.5, 0.6) is 0 Å². The minimum absolute atomic E-state index is 0.0485. The quantitative estimate of drug-likeness (QED) is 0.578. The lowest BCUT2D eigenvalue weighted by Crippen LogP contribution is -2.32. The fraction of sp³-hybridized carbons (Fsp3) is 0.812. The molecule has 108 valence electrons. The summed E-state index contributed by atoms with van der Waals surface area (Å²) >= 11 is 0. The summed E-state index contributed by atoms with van der Waals surface area (Å²) in [7, 11) is 0. The van der Waals surface area contributed by atoms with Gasteiger partial charge in [-0.3, -0.25) is 9.69 Å². The molecule has 19 heavy (non-hydrogen) atoms. The molecule has 1 saturated heterocycles. The number of rotatable bonds is 4. The lowest BCUT2D eigenvalue weighted by atomic mass is 9.75. The number of hydrogen-bond acceptors (Lipinski definition) is 3.